The van der Waals surface area contributed by atoms with Gasteiger partial charge in [-0.2, -0.15) is 13.2 Å². The molecular weight excluding hydrogens is 453 g/mol. The van der Waals surface area contributed by atoms with Gasteiger partial charge >= 0.3 is 6.18 Å². The van der Waals surface area contributed by atoms with Crippen LogP contribution in [0.25, 0.3) is 0 Å². The molecule has 0 radical (unpaired) electrons. The van der Waals surface area contributed by atoms with E-state index in [-0.39, 0.29) is 30.4 Å². The summed E-state index contributed by atoms with van der Waals surface area (Å²) in [5.74, 6) is 0.0647. The molecule has 0 bridgehead atoms. The maximum Gasteiger partial charge on any atom is 0.416 e. The lowest BCUT2D eigenvalue weighted by atomic mass is 9.82. The summed E-state index contributed by atoms with van der Waals surface area (Å²) in [6, 6.07) is 8.78. The van der Waals surface area contributed by atoms with Crippen LogP contribution in [0.1, 0.15) is 42.1 Å². The molecule has 2 aliphatic heterocycles. The van der Waals surface area contributed by atoms with E-state index in [0.717, 1.165) is 24.3 Å². The molecule has 1 saturated heterocycles. The summed E-state index contributed by atoms with van der Waals surface area (Å²) in [7, 11) is 0. The van der Waals surface area contributed by atoms with E-state index in [2.05, 4.69) is 5.32 Å². The first-order valence-corrected chi connectivity index (χ1v) is 10.8. The molecule has 0 atom stereocenters. The third-order valence-electron chi connectivity index (χ3n) is 6.05. The molecule has 1 spiro atoms. The highest BCUT2D eigenvalue weighted by Crippen LogP contribution is 2.40. The van der Waals surface area contributed by atoms with Crippen LogP contribution >= 0.6 is 0 Å². The van der Waals surface area contributed by atoms with Crippen LogP contribution in [0, 0.1) is 0 Å². The average Bonchev–Trinajstić information content (AvgIpc) is 2.77. The molecular formula is C24H23F3N2O5. The summed E-state index contributed by atoms with van der Waals surface area (Å²) in [6.07, 6.45) is -3.14. The summed E-state index contributed by atoms with van der Waals surface area (Å²) in [5, 5.41) is 2.47. The van der Waals surface area contributed by atoms with E-state index in [0.29, 0.717) is 43.0 Å². The molecule has 0 aromatic heterocycles. The summed E-state index contributed by atoms with van der Waals surface area (Å²) >= 11 is 0. The van der Waals surface area contributed by atoms with Crippen molar-refractivity contribution in [3.63, 3.8) is 0 Å². The van der Waals surface area contributed by atoms with Gasteiger partial charge in [0, 0.05) is 44.6 Å². The van der Waals surface area contributed by atoms with E-state index in [1.807, 2.05) is 0 Å². The predicted octanol–water partition coefficient (Wildman–Crippen LogP) is 4.07. The minimum Gasteiger partial charge on any atom is -0.486 e. The zero-order valence-corrected chi connectivity index (χ0v) is 18.4. The summed E-state index contributed by atoms with van der Waals surface area (Å²) < 4.78 is 49.7. The SMILES string of the molecule is CC(=O)N1CCC2(CC1)CC(=O)c1ccc(OCC(=O)Nc3ccc(C(F)(F)F)cc3)cc1O2. The topological polar surface area (TPSA) is 84.9 Å². The third-order valence-corrected chi connectivity index (χ3v) is 6.05. The number of nitrogens with one attached hydrogen (secondary N) is 1. The largest absolute Gasteiger partial charge is 0.486 e. The number of carbonyl (C=O) groups excluding carboxylic acids is 3. The van der Waals surface area contributed by atoms with Crippen molar-refractivity contribution in [1.82, 2.24) is 4.90 Å². The molecule has 4 rings (SSSR count). The van der Waals surface area contributed by atoms with Crippen molar-refractivity contribution >= 4 is 23.3 Å². The highest BCUT2D eigenvalue weighted by Gasteiger charge is 2.43. The molecule has 34 heavy (non-hydrogen) atoms. The lowest BCUT2D eigenvalue weighted by Gasteiger charge is -2.43. The Morgan fingerprint density at radius 3 is 2.41 bits per heavy atom. The Bertz CT molecular complexity index is 1110. The van der Waals surface area contributed by atoms with Gasteiger partial charge in [-0.3, -0.25) is 14.4 Å². The van der Waals surface area contributed by atoms with E-state index in [4.69, 9.17) is 9.47 Å². The Morgan fingerprint density at radius 2 is 1.79 bits per heavy atom. The van der Waals surface area contributed by atoms with Crippen molar-refractivity contribution < 1.29 is 37.0 Å². The number of ether oxygens (including phenoxy) is 2. The number of fused-ring (bicyclic) bond motifs is 1. The molecule has 7 nitrogen and oxygen atoms in total. The number of halogens is 3. The van der Waals surface area contributed by atoms with Gasteiger partial charge in [0.25, 0.3) is 5.91 Å². The van der Waals surface area contributed by atoms with Gasteiger partial charge in [-0.05, 0) is 36.4 Å². The Morgan fingerprint density at radius 1 is 1.12 bits per heavy atom. The fourth-order valence-electron chi connectivity index (χ4n) is 4.16. The van der Waals surface area contributed by atoms with E-state index in [9.17, 15) is 27.6 Å². The number of piperidine rings is 1. The lowest BCUT2D eigenvalue weighted by Crippen LogP contribution is -2.51. The highest BCUT2D eigenvalue weighted by atomic mass is 19.4. The van der Waals surface area contributed by atoms with Crippen molar-refractivity contribution in [2.75, 3.05) is 25.0 Å². The fraction of sp³-hybridized carbons (Fsp3) is 0.375. The minimum absolute atomic E-state index is 0.0114. The average molecular weight is 476 g/mol. The normalized spacial score (nSPS) is 17.1. The third kappa shape index (κ3) is 5.16. The molecule has 2 heterocycles. The molecule has 180 valence electrons. The van der Waals surface area contributed by atoms with Crippen LogP contribution in [-0.4, -0.2) is 47.8 Å². The number of hydrogen-bond acceptors (Lipinski definition) is 5. The summed E-state index contributed by atoms with van der Waals surface area (Å²) in [5.41, 5.74) is -0.842. The molecule has 2 aromatic rings. The fourth-order valence-corrected chi connectivity index (χ4v) is 4.16. The standard InChI is InChI=1S/C24H23F3N2O5/c1-15(30)29-10-8-23(9-11-29)13-20(31)19-7-6-18(12-21(19)34-23)33-14-22(32)28-17-4-2-16(3-5-17)24(25,26)27/h2-7,12H,8-11,13-14H2,1H3,(H,28,32). The maximum absolute atomic E-state index is 12.7. The van der Waals surface area contributed by atoms with Crippen LogP contribution < -0.4 is 14.8 Å². The molecule has 1 N–H and O–H groups in total. The van der Waals surface area contributed by atoms with Crippen molar-refractivity contribution in [3.05, 3.63) is 53.6 Å². The smallest absolute Gasteiger partial charge is 0.416 e. The van der Waals surface area contributed by atoms with Crippen LogP contribution in [0.4, 0.5) is 18.9 Å². The number of benzene rings is 2. The van der Waals surface area contributed by atoms with Gasteiger partial charge in [0.15, 0.2) is 12.4 Å². The Balaban J connectivity index is 1.37. The first-order valence-electron chi connectivity index (χ1n) is 10.8. The molecule has 0 aliphatic carbocycles. The van der Waals surface area contributed by atoms with Gasteiger partial charge < -0.3 is 19.7 Å². The number of rotatable bonds is 4. The van der Waals surface area contributed by atoms with Crippen LogP contribution in [0.5, 0.6) is 11.5 Å². The van der Waals surface area contributed by atoms with Crippen molar-refractivity contribution in [1.29, 1.82) is 0 Å². The van der Waals surface area contributed by atoms with Gasteiger partial charge in [0.1, 0.15) is 17.1 Å². The lowest BCUT2D eigenvalue weighted by molar-refractivity contribution is -0.137. The van der Waals surface area contributed by atoms with Crippen LogP contribution in [-0.2, 0) is 15.8 Å². The Labute approximate surface area is 193 Å². The van der Waals surface area contributed by atoms with Gasteiger partial charge in [-0.25, -0.2) is 0 Å². The number of hydrogen-bond donors (Lipinski definition) is 1. The number of alkyl halides is 3. The van der Waals surface area contributed by atoms with E-state index < -0.39 is 23.2 Å². The Kier molecular flexibility index (Phi) is 6.24. The number of anilines is 1. The van der Waals surface area contributed by atoms with Gasteiger partial charge in [-0.1, -0.05) is 0 Å². The summed E-state index contributed by atoms with van der Waals surface area (Å²) in [6.45, 7) is 2.15. The Hall–Kier alpha value is -3.56. The molecule has 1 fully saturated rings. The first-order chi connectivity index (χ1) is 16.0. The van der Waals surface area contributed by atoms with Gasteiger partial charge in [0.2, 0.25) is 5.91 Å². The molecule has 0 unspecified atom stereocenters. The predicted molar refractivity (Wildman–Crippen MR) is 116 cm³/mol. The number of Topliss-reactive ketones (excluding diaryl/α,β-unsaturated/α-hetero) is 1. The molecule has 2 amide bonds. The number of likely N-dealkylation sites (tertiary alicyclic amines) is 1. The highest BCUT2D eigenvalue weighted by molar-refractivity contribution is 6.00. The van der Waals surface area contributed by atoms with E-state index in [1.165, 1.54) is 6.92 Å². The monoisotopic (exact) mass is 476 g/mol. The second-order valence-corrected chi connectivity index (χ2v) is 8.46. The van der Waals surface area contributed by atoms with Crippen LogP contribution in [0.2, 0.25) is 0 Å². The van der Waals surface area contributed by atoms with Crippen molar-refractivity contribution in [2.45, 2.75) is 38.0 Å². The van der Waals surface area contributed by atoms with Crippen molar-refractivity contribution in [2.24, 2.45) is 0 Å². The second kappa shape index (κ2) is 9.00. The van der Waals surface area contributed by atoms with Crippen LogP contribution in [0.15, 0.2) is 42.5 Å². The zero-order chi connectivity index (χ0) is 24.5. The number of amides is 2. The second-order valence-electron chi connectivity index (χ2n) is 8.46. The van der Waals surface area contributed by atoms with Gasteiger partial charge in [0.05, 0.1) is 17.5 Å². The minimum atomic E-state index is -4.45. The van der Waals surface area contributed by atoms with Crippen LogP contribution in [0.3, 0.4) is 0 Å². The number of ketones is 1. The summed E-state index contributed by atoms with van der Waals surface area (Å²) in [4.78, 5) is 38.2. The quantitative estimate of drug-likeness (QED) is 0.719. The molecule has 0 saturated carbocycles. The van der Waals surface area contributed by atoms with E-state index in [1.54, 1.807) is 23.1 Å². The molecule has 2 aromatic carbocycles. The maximum atomic E-state index is 12.7. The zero-order valence-electron chi connectivity index (χ0n) is 18.4. The van der Waals surface area contributed by atoms with Gasteiger partial charge in [-0.15, -0.1) is 0 Å². The first kappa shape index (κ1) is 23.6. The number of nitrogens with zero attached hydrogens (tertiary/aromatic N) is 1. The number of carbonyl (C=O) groups is 3. The van der Waals surface area contributed by atoms with Crippen molar-refractivity contribution in [3.8, 4) is 11.5 Å². The molecule has 10 heteroatoms. The van der Waals surface area contributed by atoms with E-state index >= 15 is 0 Å². The molecule has 2 aliphatic rings.